The third kappa shape index (κ3) is 5.82. The van der Waals surface area contributed by atoms with Crippen molar-refractivity contribution >= 4 is 17.3 Å². The fourth-order valence-electron chi connectivity index (χ4n) is 1.61. The van der Waals surface area contributed by atoms with Crippen LogP contribution in [0.1, 0.15) is 34.1 Å². The van der Waals surface area contributed by atoms with Crippen LogP contribution in [0.2, 0.25) is 0 Å². The number of hydrogen-bond donors (Lipinski definition) is 2. The van der Waals surface area contributed by atoms with Crippen LogP contribution in [0.3, 0.4) is 0 Å². The standard InChI is InChI=1S/C15H24N2O3/c1-10(7-14(18)20-15(2,3)4)9-19-11-5-6-12(16)13(17)8-11/h5-6,8,10H,7,9,16-17H2,1-4H3/t10-/m0/s1. The highest BCUT2D eigenvalue weighted by molar-refractivity contribution is 5.70. The van der Waals surface area contributed by atoms with E-state index in [-0.39, 0.29) is 11.9 Å². The Kier molecular flexibility index (Phi) is 5.25. The van der Waals surface area contributed by atoms with Gasteiger partial charge in [-0.15, -0.1) is 0 Å². The molecule has 0 amide bonds. The van der Waals surface area contributed by atoms with Gasteiger partial charge in [0.1, 0.15) is 11.4 Å². The van der Waals surface area contributed by atoms with Gasteiger partial charge < -0.3 is 20.9 Å². The molecule has 0 aliphatic heterocycles. The second kappa shape index (κ2) is 6.50. The zero-order valence-electron chi connectivity index (χ0n) is 12.6. The third-order valence-electron chi connectivity index (χ3n) is 2.53. The van der Waals surface area contributed by atoms with Crippen molar-refractivity contribution in [2.24, 2.45) is 5.92 Å². The maximum absolute atomic E-state index is 11.7. The molecule has 1 atom stereocenters. The molecule has 0 unspecified atom stereocenters. The van der Waals surface area contributed by atoms with Crippen molar-refractivity contribution in [3.8, 4) is 5.75 Å². The topological polar surface area (TPSA) is 87.6 Å². The average molecular weight is 280 g/mol. The van der Waals surface area contributed by atoms with E-state index in [1.807, 2.05) is 27.7 Å². The highest BCUT2D eigenvalue weighted by Gasteiger charge is 2.18. The number of benzene rings is 1. The summed E-state index contributed by atoms with van der Waals surface area (Å²) in [6.45, 7) is 7.91. The monoisotopic (exact) mass is 280 g/mol. The fourth-order valence-corrected chi connectivity index (χ4v) is 1.61. The van der Waals surface area contributed by atoms with Crippen molar-refractivity contribution in [3.05, 3.63) is 18.2 Å². The molecule has 112 valence electrons. The Morgan fingerprint density at radius 2 is 1.90 bits per heavy atom. The average Bonchev–Trinajstić information content (AvgIpc) is 2.28. The molecule has 1 aromatic rings. The molecule has 20 heavy (non-hydrogen) atoms. The maximum Gasteiger partial charge on any atom is 0.306 e. The van der Waals surface area contributed by atoms with Crippen LogP contribution < -0.4 is 16.2 Å². The number of nitrogen functional groups attached to an aromatic ring is 2. The van der Waals surface area contributed by atoms with Crippen molar-refractivity contribution in [2.75, 3.05) is 18.1 Å². The second-order valence-corrected chi connectivity index (χ2v) is 6.00. The van der Waals surface area contributed by atoms with E-state index in [0.29, 0.717) is 30.2 Å². The highest BCUT2D eigenvalue weighted by atomic mass is 16.6. The van der Waals surface area contributed by atoms with Crippen LogP contribution in [0.15, 0.2) is 18.2 Å². The number of rotatable bonds is 5. The Balaban J connectivity index is 2.41. The molecule has 0 radical (unpaired) electrons. The lowest BCUT2D eigenvalue weighted by molar-refractivity contribution is -0.156. The molecule has 5 nitrogen and oxygen atoms in total. The Bertz CT molecular complexity index is 467. The fraction of sp³-hybridized carbons (Fsp3) is 0.533. The number of esters is 1. The molecule has 0 fully saturated rings. The Labute approximate surface area is 120 Å². The molecular formula is C15H24N2O3. The number of hydrogen-bond acceptors (Lipinski definition) is 5. The summed E-state index contributed by atoms with van der Waals surface area (Å²) in [6.07, 6.45) is 0.321. The minimum absolute atomic E-state index is 0.0589. The second-order valence-electron chi connectivity index (χ2n) is 6.00. The first-order chi connectivity index (χ1) is 9.17. The zero-order chi connectivity index (χ0) is 15.3. The largest absolute Gasteiger partial charge is 0.493 e. The normalized spacial score (nSPS) is 12.8. The number of anilines is 2. The molecule has 1 aromatic carbocycles. The first kappa shape index (κ1) is 16.1. The van der Waals surface area contributed by atoms with E-state index in [2.05, 4.69) is 0 Å². The molecule has 0 aliphatic rings. The zero-order valence-corrected chi connectivity index (χ0v) is 12.6. The van der Waals surface area contributed by atoms with Crippen molar-refractivity contribution < 1.29 is 14.3 Å². The molecule has 0 heterocycles. The van der Waals surface area contributed by atoms with Gasteiger partial charge in [0.25, 0.3) is 0 Å². The first-order valence-corrected chi connectivity index (χ1v) is 6.67. The summed E-state index contributed by atoms with van der Waals surface area (Å²) in [5.41, 5.74) is 11.9. The van der Waals surface area contributed by atoms with Crippen LogP contribution in [-0.4, -0.2) is 18.2 Å². The smallest absolute Gasteiger partial charge is 0.306 e. The molecule has 1 rings (SSSR count). The van der Waals surface area contributed by atoms with Gasteiger partial charge in [0.15, 0.2) is 0 Å². The van der Waals surface area contributed by atoms with Gasteiger partial charge in [-0.2, -0.15) is 0 Å². The Morgan fingerprint density at radius 3 is 2.45 bits per heavy atom. The summed E-state index contributed by atoms with van der Waals surface area (Å²) >= 11 is 0. The lowest BCUT2D eigenvalue weighted by Crippen LogP contribution is -2.26. The van der Waals surface area contributed by atoms with Crippen LogP contribution in [0.4, 0.5) is 11.4 Å². The third-order valence-corrected chi connectivity index (χ3v) is 2.53. The van der Waals surface area contributed by atoms with Gasteiger partial charge in [-0.25, -0.2) is 0 Å². The SMILES string of the molecule is C[C@H](COc1ccc(N)c(N)c1)CC(=O)OC(C)(C)C. The van der Waals surface area contributed by atoms with Crippen LogP contribution in [0.5, 0.6) is 5.75 Å². The van der Waals surface area contributed by atoms with Gasteiger partial charge in [-0.3, -0.25) is 4.79 Å². The lowest BCUT2D eigenvalue weighted by Gasteiger charge is -2.21. The highest BCUT2D eigenvalue weighted by Crippen LogP contribution is 2.22. The summed E-state index contributed by atoms with van der Waals surface area (Å²) in [7, 11) is 0. The molecule has 0 bridgehead atoms. The minimum atomic E-state index is -0.455. The van der Waals surface area contributed by atoms with Crippen LogP contribution >= 0.6 is 0 Å². The molecular weight excluding hydrogens is 256 g/mol. The van der Waals surface area contributed by atoms with Crippen LogP contribution in [0.25, 0.3) is 0 Å². The van der Waals surface area contributed by atoms with E-state index in [1.54, 1.807) is 18.2 Å². The van der Waals surface area contributed by atoms with Gasteiger partial charge >= 0.3 is 5.97 Å². The molecule has 0 aromatic heterocycles. The lowest BCUT2D eigenvalue weighted by atomic mass is 10.1. The Hall–Kier alpha value is -1.91. The number of carbonyl (C=O) groups is 1. The van der Waals surface area contributed by atoms with Crippen LogP contribution in [-0.2, 0) is 9.53 Å². The van der Waals surface area contributed by atoms with Gasteiger partial charge in [0.05, 0.1) is 24.4 Å². The van der Waals surface area contributed by atoms with E-state index in [4.69, 9.17) is 20.9 Å². The van der Waals surface area contributed by atoms with Crippen molar-refractivity contribution in [3.63, 3.8) is 0 Å². The van der Waals surface area contributed by atoms with Gasteiger partial charge in [0.2, 0.25) is 0 Å². The number of nitrogens with two attached hydrogens (primary N) is 2. The van der Waals surface area contributed by atoms with E-state index in [9.17, 15) is 4.79 Å². The first-order valence-electron chi connectivity index (χ1n) is 6.67. The molecule has 0 saturated heterocycles. The van der Waals surface area contributed by atoms with E-state index >= 15 is 0 Å². The molecule has 0 spiro atoms. The van der Waals surface area contributed by atoms with Crippen LogP contribution in [0, 0.1) is 5.92 Å². The van der Waals surface area contributed by atoms with Gasteiger partial charge in [-0.1, -0.05) is 6.92 Å². The molecule has 0 aliphatic carbocycles. The number of ether oxygens (including phenoxy) is 2. The Morgan fingerprint density at radius 1 is 1.25 bits per heavy atom. The summed E-state index contributed by atoms with van der Waals surface area (Å²) in [6, 6.07) is 5.13. The van der Waals surface area contributed by atoms with Gasteiger partial charge in [0, 0.05) is 12.0 Å². The summed E-state index contributed by atoms with van der Waals surface area (Å²) in [5.74, 6) is 0.488. The molecule has 4 N–H and O–H groups in total. The van der Waals surface area contributed by atoms with Crippen molar-refractivity contribution in [1.29, 1.82) is 0 Å². The van der Waals surface area contributed by atoms with Crippen molar-refractivity contribution in [2.45, 2.75) is 39.7 Å². The maximum atomic E-state index is 11.7. The summed E-state index contributed by atoms with van der Waals surface area (Å²) in [5, 5.41) is 0. The van der Waals surface area contributed by atoms with Crippen molar-refractivity contribution in [1.82, 2.24) is 0 Å². The van der Waals surface area contributed by atoms with E-state index in [0.717, 1.165) is 0 Å². The van der Waals surface area contributed by atoms with E-state index < -0.39 is 5.60 Å². The number of carbonyl (C=O) groups excluding carboxylic acids is 1. The molecule has 0 saturated carbocycles. The predicted molar refractivity (Wildman–Crippen MR) is 80.4 cm³/mol. The minimum Gasteiger partial charge on any atom is -0.493 e. The molecule has 5 heteroatoms. The quantitative estimate of drug-likeness (QED) is 0.639. The summed E-state index contributed by atoms with van der Waals surface area (Å²) in [4.78, 5) is 11.7. The summed E-state index contributed by atoms with van der Waals surface area (Å²) < 4.78 is 10.9. The van der Waals surface area contributed by atoms with E-state index in [1.165, 1.54) is 0 Å². The predicted octanol–water partition coefficient (Wildman–Crippen LogP) is 2.60. The van der Waals surface area contributed by atoms with Gasteiger partial charge in [-0.05, 0) is 32.9 Å².